The fourth-order valence-corrected chi connectivity index (χ4v) is 3.24. The second kappa shape index (κ2) is 8.95. The normalized spacial score (nSPS) is 10.3. The van der Waals surface area contributed by atoms with Crippen molar-refractivity contribution in [2.75, 3.05) is 11.9 Å². The topological polar surface area (TPSA) is 80.3 Å². The van der Waals surface area contributed by atoms with E-state index in [4.69, 9.17) is 4.74 Å². The lowest BCUT2D eigenvalue weighted by atomic mass is 10.2. The number of hydrogen-bond acceptors (Lipinski definition) is 5. The number of nitrogens with one attached hydrogen (secondary N) is 2. The molecule has 0 atom stereocenters. The highest BCUT2D eigenvalue weighted by Gasteiger charge is 2.07. The van der Waals surface area contributed by atoms with Crippen molar-refractivity contribution in [3.63, 3.8) is 0 Å². The van der Waals surface area contributed by atoms with Gasteiger partial charge in [-0.15, -0.1) is 11.3 Å². The third kappa shape index (κ3) is 5.65. The Morgan fingerprint density at radius 3 is 2.52 bits per heavy atom. The van der Waals surface area contributed by atoms with Crippen LogP contribution >= 0.6 is 11.3 Å². The maximum atomic E-state index is 11.8. The van der Waals surface area contributed by atoms with Gasteiger partial charge in [-0.1, -0.05) is 18.2 Å². The number of anilines is 1. The molecular formula is C20H19N3O3S. The molecular weight excluding hydrogens is 362 g/mol. The van der Waals surface area contributed by atoms with Gasteiger partial charge in [-0.25, -0.2) is 9.78 Å². The van der Waals surface area contributed by atoms with Gasteiger partial charge in [-0.2, -0.15) is 0 Å². The molecule has 27 heavy (non-hydrogen) atoms. The Morgan fingerprint density at radius 2 is 1.81 bits per heavy atom. The summed E-state index contributed by atoms with van der Waals surface area (Å²) < 4.78 is 5.17. The summed E-state index contributed by atoms with van der Waals surface area (Å²) >= 11 is 1.54. The van der Waals surface area contributed by atoms with E-state index < -0.39 is 6.09 Å². The molecule has 0 saturated carbocycles. The van der Waals surface area contributed by atoms with E-state index >= 15 is 0 Å². The lowest BCUT2D eigenvalue weighted by Crippen LogP contribution is -2.28. The van der Waals surface area contributed by atoms with Gasteiger partial charge in [0.05, 0.1) is 5.69 Å². The van der Waals surface area contributed by atoms with Crippen molar-refractivity contribution in [2.24, 2.45) is 0 Å². The number of ether oxygens (including phenoxy) is 1. The van der Waals surface area contributed by atoms with E-state index in [9.17, 15) is 9.59 Å². The fraction of sp³-hybridized carbons (Fsp3) is 0.150. The van der Waals surface area contributed by atoms with Crippen LogP contribution in [0.2, 0.25) is 0 Å². The van der Waals surface area contributed by atoms with Gasteiger partial charge >= 0.3 is 6.09 Å². The smallest absolute Gasteiger partial charge is 0.410 e. The van der Waals surface area contributed by atoms with Gasteiger partial charge in [0.25, 0.3) is 0 Å². The number of rotatable bonds is 6. The second-order valence-electron chi connectivity index (χ2n) is 5.78. The maximum absolute atomic E-state index is 11.8. The zero-order valence-electron chi connectivity index (χ0n) is 14.8. The quantitative estimate of drug-likeness (QED) is 0.674. The highest BCUT2D eigenvalue weighted by Crippen LogP contribution is 2.25. The van der Waals surface area contributed by atoms with E-state index in [1.165, 1.54) is 6.92 Å². The zero-order chi connectivity index (χ0) is 19.1. The van der Waals surface area contributed by atoms with Gasteiger partial charge in [0, 0.05) is 36.5 Å². The molecule has 138 valence electrons. The number of hydrogen-bond donors (Lipinski definition) is 2. The first kappa shape index (κ1) is 18.6. The third-order valence-corrected chi connectivity index (χ3v) is 4.55. The molecule has 2 amide bonds. The van der Waals surface area contributed by atoms with Crippen molar-refractivity contribution in [3.05, 3.63) is 65.7 Å². The molecule has 6 nitrogen and oxygen atoms in total. The molecule has 1 aromatic heterocycles. The standard InChI is InChI=1S/C20H19N3O3S/c1-14(24)22-16-9-7-15(8-10-16)19-23-17(13-27-19)11-12-21-20(25)26-18-5-3-2-4-6-18/h2-10,13H,11-12H2,1H3,(H,21,25)(H,22,24). The Labute approximate surface area is 161 Å². The van der Waals surface area contributed by atoms with Crippen LogP contribution in [0.3, 0.4) is 0 Å². The summed E-state index contributed by atoms with van der Waals surface area (Å²) in [5.74, 6) is 0.409. The van der Waals surface area contributed by atoms with Gasteiger partial charge < -0.3 is 15.4 Å². The largest absolute Gasteiger partial charge is 0.412 e. The van der Waals surface area contributed by atoms with Crippen LogP contribution in [0.15, 0.2) is 60.0 Å². The van der Waals surface area contributed by atoms with Crippen molar-refractivity contribution < 1.29 is 14.3 Å². The van der Waals surface area contributed by atoms with Crippen molar-refractivity contribution >= 4 is 29.0 Å². The third-order valence-electron chi connectivity index (χ3n) is 3.61. The zero-order valence-corrected chi connectivity index (χ0v) is 15.6. The van der Waals surface area contributed by atoms with Gasteiger partial charge in [0.2, 0.25) is 5.91 Å². The summed E-state index contributed by atoms with van der Waals surface area (Å²) in [4.78, 5) is 27.4. The average molecular weight is 381 g/mol. The fourth-order valence-electron chi connectivity index (χ4n) is 2.38. The maximum Gasteiger partial charge on any atom is 0.412 e. The lowest BCUT2D eigenvalue weighted by Gasteiger charge is -2.05. The molecule has 3 aromatic rings. The summed E-state index contributed by atoms with van der Waals surface area (Å²) in [6.45, 7) is 1.92. The summed E-state index contributed by atoms with van der Waals surface area (Å²) in [6, 6.07) is 16.5. The molecule has 0 spiro atoms. The second-order valence-corrected chi connectivity index (χ2v) is 6.64. The first-order valence-electron chi connectivity index (χ1n) is 8.43. The van der Waals surface area contributed by atoms with E-state index in [2.05, 4.69) is 15.6 Å². The van der Waals surface area contributed by atoms with Crippen LogP contribution < -0.4 is 15.4 Å². The Hall–Kier alpha value is -3.19. The van der Waals surface area contributed by atoms with E-state index in [0.717, 1.165) is 22.0 Å². The van der Waals surface area contributed by atoms with Crippen LogP contribution in [0.5, 0.6) is 5.75 Å². The van der Waals surface area contributed by atoms with Gasteiger partial charge in [0.15, 0.2) is 0 Å². The van der Waals surface area contributed by atoms with Crippen LogP contribution in [0.1, 0.15) is 12.6 Å². The van der Waals surface area contributed by atoms with Crippen molar-refractivity contribution in [1.29, 1.82) is 0 Å². The number of carbonyl (C=O) groups is 2. The minimum Gasteiger partial charge on any atom is -0.410 e. The van der Waals surface area contributed by atoms with Gasteiger partial charge in [-0.05, 0) is 36.4 Å². The number of benzene rings is 2. The van der Waals surface area contributed by atoms with Crippen LogP contribution in [-0.4, -0.2) is 23.5 Å². The molecule has 2 aromatic carbocycles. The Bertz CT molecular complexity index is 908. The molecule has 3 rings (SSSR count). The minimum absolute atomic E-state index is 0.0995. The number of aromatic nitrogens is 1. The predicted octanol–water partition coefficient (Wildman–Crippen LogP) is 4.10. The number of amides is 2. The summed E-state index contributed by atoms with van der Waals surface area (Å²) in [6.07, 6.45) is 0.134. The lowest BCUT2D eigenvalue weighted by molar-refractivity contribution is -0.114. The predicted molar refractivity (Wildman–Crippen MR) is 106 cm³/mol. The molecule has 0 fully saturated rings. The first-order valence-corrected chi connectivity index (χ1v) is 9.31. The molecule has 0 bridgehead atoms. The Kier molecular flexibility index (Phi) is 6.17. The van der Waals surface area contributed by atoms with Crippen LogP contribution in [-0.2, 0) is 11.2 Å². The van der Waals surface area contributed by atoms with Crippen molar-refractivity contribution in [3.8, 4) is 16.3 Å². The summed E-state index contributed by atoms with van der Waals surface area (Å²) in [5, 5.41) is 8.32. The number of thiazole rings is 1. The highest BCUT2D eigenvalue weighted by molar-refractivity contribution is 7.13. The molecule has 0 unspecified atom stereocenters. The molecule has 0 radical (unpaired) electrons. The monoisotopic (exact) mass is 381 g/mol. The van der Waals surface area contributed by atoms with Crippen LogP contribution in [0.25, 0.3) is 10.6 Å². The van der Waals surface area contributed by atoms with Crippen molar-refractivity contribution in [1.82, 2.24) is 10.3 Å². The summed E-state index contributed by atoms with van der Waals surface area (Å²) in [5.41, 5.74) is 2.64. The van der Waals surface area contributed by atoms with Crippen LogP contribution in [0.4, 0.5) is 10.5 Å². The average Bonchev–Trinajstić information content (AvgIpc) is 3.11. The Morgan fingerprint density at radius 1 is 1.07 bits per heavy atom. The molecule has 0 saturated heterocycles. The van der Waals surface area contributed by atoms with Crippen molar-refractivity contribution in [2.45, 2.75) is 13.3 Å². The summed E-state index contributed by atoms with van der Waals surface area (Å²) in [7, 11) is 0. The minimum atomic E-state index is -0.481. The molecule has 2 N–H and O–H groups in total. The molecule has 0 aliphatic carbocycles. The molecule has 1 heterocycles. The van der Waals surface area contributed by atoms with E-state index in [1.54, 1.807) is 23.5 Å². The molecule has 0 aliphatic rings. The van der Waals surface area contributed by atoms with E-state index in [-0.39, 0.29) is 5.91 Å². The number of carbonyl (C=O) groups excluding carboxylic acids is 2. The first-order chi connectivity index (χ1) is 13.1. The van der Waals surface area contributed by atoms with Gasteiger partial charge in [-0.3, -0.25) is 4.79 Å². The highest BCUT2D eigenvalue weighted by atomic mass is 32.1. The molecule has 7 heteroatoms. The molecule has 0 aliphatic heterocycles. The number of nitrogens with zero attached hydrogens (tertiary/aromatic N) is 1. The SMILES string of the molecule is CC(=O)Nc1ccc(-c2nc(CCNC(=O)Oc3ccccc3)cs2)cc1. The van der Waals surface area contributed by atoms with Crippen LogP contribution in [0, 0.1) is 0 Å². The number of para-hydroxylation sites is 1. The van der Waals surface area contributed by atoms with E-state index in [0.29, 0.717) is 18.7 Å². The Balaban J connectivity index is 1.49. The van der Waals surface area contributed by atoms with Gasteiger partial charge in [0.1, 0.15) is 10.8 Å². The van der Waals surface area contributed by atoms with E-state index in [1.807, 2.05) is 47.8 Å².